The highest BCUT2D eigenvalue weighted by Crippen LogP contribution is 2.30. The summed E-state index contributed by atoms with van der Waals surface area (Å²) in [6.07, 6.45) is 2.48. The molecule has 0 atom stereocenters. The third kappa shape index (κ3) is 5.79. The van der Waals surface area contributed by atoms with Crippen LogP contribution in [0.4, 0.5) is 5.69 Å². The normalized spacial score (nSPS) is 14.3. The van der Waals surface area contributed by atoms with E-state index in [1.54, 1.807) is 60.7 Å². The molecule has 0 spiro atoms. The molecule has 1 heterocycles. The number of aromatic hydroxyl groups is 1. The van der Waals surface area contributed by atoms with E-state index in [1.165, 1.54) is 29.3 Å². The van der Waals surface area contributed by atoms with Gasteiger partial charge in [0.05, 0.1) is 17.1 Å². The van der Waals surface area contributed by atoms with Crippen molar-refractivity contribution >= 4 is 27.3 Å². The second-order valence-corrected chi connectivity index (χ2v) is 10.3. The number of sulfonamides is 1. The van der Waals surface area contributed by atoms with Crippen molar-refractivity contribution in [3.8, 4) is 11.5 Å². The monoisotopic (exact) mass is 486 g/mol. The van der Waals surface area contributed by atoms with Crippen LogP contribution in [0.5, 0.6) is 11.5 Å². The van der Waals surface area contributed by atoms with Gasteiger partial charge in [-0.15, -0.1) is 0 Å². The predicted octanol–water partition coefficient (Wildman–Crippen LogP) is 4.92. The number of hydrogen-bond donors (Lipinski definition) is 1. The van der Waals surface area contributed by atoms with Crippen molar-refractivity contribution in [3.63, 3.8) is 0 Å². The molecule has 1 aliphatic rings. The van der Waals surface area contributed by atoms with E-state index in [1.807, 2.05) is 0 Å². The molecule has 0 amide bonds. The van der Waals surface area contributed by atoms with E-state index in [9.17, 15) is 13.5 Å². The average molecular weight is 487 g/mol. The van der Waals surface area contributed by atoms with Crippen LogP contribution in [0.25, 0.3) is 0 Å². The summed E-state index contributed by atoms with van der Waals surface area (Å²) in [6.45, 7) is 3.73. The maximum absolute atomic E-state index is 13.5. The molecule has 6 nitrogen and oxygen atoms in total. The van der Waals surface area contributed by atoms with Crippen LogP contribution in [0.3, 0.4) is 0 Å². The van der Waals surface area contributed by atoms with Crippen molar-refractivity contribution < 1.29 is 18.3 Å². The van der Waals surface area contributed by atoms with Crippen LogP contribution in [0.2, 0.25) is 5.02 Å². The Balaban J connectivity index is 1.57. The first-order valence-corrected chi connectivity index (χ1v) is 12.8. The van der Waals surface area contributed by atoms with Crippen LogP contribution in [0.15, 0.2) is 77.7 Å². The molecule has 1 N–H and O–H groups in total. The van der Waals surface area contributed by atoms with E-state index in [0.29, 0.717) is 28.6 Å². The molecule has 33 heavy (non-hydrogen) atoms. The number of likely N-dealkylation sites (tertiary alicyclic amines) is 1. The maximum atomic E-state index is 13.5. The zero-order chi connectivity index (χ0) is 23.3. The highest BCUT2D eigenvalue weighted by molar-refractivity contribution is 7.92. The number of hydrogen-bond acceptors (Lipinski definition) is 5. The first-order valence-electron chi connectivity index (χ1n) is 10.9. The zero-order valence-electron chi connectivity index (χ0n) is 18.2. The van der Waals surface area contributed by atoms with Crippen LogP contribution in [0, 0.1) is 0 Å². The maximum Gasteiger partial charge on any atom is 0.264 e. The molecular weight excluding hydrogens is 460 g/mol. The summed E-state index contributed by atoms with van der Waals surface area (Å²) < 4.78 is 34.2. The number of ether oxygens (including phenoxy) is 1. The molecule has 3 aromatic rings. The lowest BCUT2D eigenvalue weighted by molar-refractivity contribution is 0.238. The summed E-state index contributed by atoms with van der Waals surface area (Å²) in [6, 6.07) is 19.8. The van der Waals surface area contributed by atoms with E-state index in [4.69, 9.17) is 16.3 Å². The van der Waals surface area contributed by atoms with Crippen molar-refractivity contribution in [2.75, 3.05) is 30.5 Å². The molecule has 3 aromatic carbocycles. The second-order valence-electron chi connectivity index (χ2n) is 7.99. The van der Waals surface area contributed by atoms with Gasteiger partial charge in [0.1, 0.15) is 18.1 Å². The van der Waals surface area contributed by atoms with Crippen LogP contribution in [-0.2, 0) is 16.6 Å². The number of halogens is 1. The summed E-state index contributed by atoms with van der Waals surface area (Å²) in [5.41, 5.74) is 1.08. The second kappa shape index (κ2) is 10.5. The van der Waals surface area contributed by atoms with Crippen LogP contribution in [0.1, 0.15) is 18.4 Å². The van der Waals surface area contributed by atoms with Gasteiger partial charge in [0.15, 0.2) is 0 Å². The Hall–Kier alpha value is -2.74. The Labute approximate surface area is 200 Å². The van der Waals surface area contributed by atoms with Crippen LogP contribution >= 0.6 is 11.6 Å². The third-order valence-corrected chi connectivity index (χ3v) is 7.82. The molecule has 0 bridgehead atoms. The van der Waals surface area contributed by atoms with Gasteiger partial charge in [-0.25, -0.2) is 8.42 Å². The molecule has 174 valence electrons. The van der Waals surface area contributed by atoms with Gasteiger partial charge >= 0.3 is 0 Å². The van der Waals surface area contributed by atoms with E-state index < -0.39 is 10.0 Å². The SMILES string of the molecule is O=S(=O)(c1ccccc1)N(Cc1ccc(O)cc1Cl)c1ccc(OCCN2CCCC2)cc1. The number of benzene rings is 3. The third-order valence-electron chi connectivity index (χ3n) is 5.68. The van der Waals surface area contributed by atoms with Crippen molar-refractivity contribution in [1.29, 1.82) is 0 Å². The quantitative estimate of drug-likeness (QED) is 0.465. The number of anilines is 1. The van der Waals surface area contributed by atoms with E-state index in [0.717, 1.165) is 19.6 Å². The molecule has 4 rings (SSSR count). The molecule has 8 heteroatoms. The van der Waals surface area contributed by atoms with Crippen LogP contribution in [-0.4, -0.2) is 44.7 Å². The highest BCUT2D eigenvalue weighted by atomic mass is 35.5. The van der Waals surface area contributed by atoms with E-state index in [-0.39, 0.29) is 17.2 Å². The molecule has 0 aromatic heterocycles. The Morgan fingerprint density at radius 2 is 1.67 bits per heavy atom. The van der Waals surface area contributed by atoms with Gasteiger partial charge in [0, 0.05) is 11.6 Å². The molecule has 1 fully saturated rings. The number of nitrogens with zero attached hydrogens (tertiary/aromatic N) is 2. The standard InChI is InChI=1S/C25H27ClN2O4S/c26-25-18-22(29)11-8-20(25)19-28(33(30,31)24-6-2-1-3-7-24)21-9-12-23(13-10-21)32-17-16-27-14-4-5-15-27/h1-3,6-13,18,29H,4-5,14-17,19H2. The molecular formula is C25H27ClN2O4S. The van der Waals surface area contributed by atoms with Crippen molar-refractivity contribution in [1.82, 2.24) is 4.90 Å². The fraction of sp³-hybridized carbons (Fsp3) is 0.280. The average Bonchev–Trinajstić information content (AvgIpc) is 3.33. The summed E-state index contributed by atoms with van der Waals surface area (Å²) >= 11 is 6.29. The first-order chi connectivity index (χ1) is 15.9. The minimum atomic E-state index is -3.86. The molecule has 1 saturated heterocycles. The lowest BCUT2D eigenvalue weighted by Crippen LogP contribution is -2.30. The number of phenolic OH excluding ortho intramolecular Hbond substituents is 1. The van der Waals surface area contributed by atoms with E-state index in [2.05, 4.69) is 4.90 Å². The lowest BCUT2D eigenvalue weighted by Gasteiger charge is -2.25. The van der Waals surface area contributed by atoms with Crippen molar-refractivity contribution in [3.05, 3.63) is 83.4 Å². The molecule has 0 radical (unpaired) electrons. The number of rotatable bonds is 9. The first kappa shape index (κ1) is 23.4. The smallest absolute Gasteiger partial charge is 0.264 e. The minimum Gasteiger partial charge on any atom is -0.508 e. The van der Waals surface area contributed by atoms with Crippen molar-refractivity contribution in [2.45, 2.75) is 24.3 Å². The summed E-state index contributed by atoms with van der Waals surface area (Å²) in [5, 5.41) is 9.96. The van der Waals surface area contributed by atoms with Gasteiger partial charge in [0.2, 0.25) is 0 Å². The van der Waals surface area contributed by atoms with E-state index >= 15 is 0 Å². The molecule has 1 aliphatic heterocycles. The molecule has 0 aliphatic carbocycles. The zero-order valence-corrected chi connectivity index (χ0v) is 19.8. The fourth-order valence-electron chi connectivity index (χ4n) is 3.86. The summed E-state index contributed by atoms with van der Waals surface area (Å²) in [5.74, 6) is 0.717. The van der Waals surface area contributed by atoms with Gasteiger partial charge in [-0.3, -0.25) is 9.21 Å². The molecule has 0 saturated carbocycles. The highest BCUT2D eigenvalue weighted by Gasteiger charge is 2.26. The summed E-state index contributed by atoms with van der Waals surface area (Å²) in [7, 11) is -3.86. The van der Waals surface area contributed by atoms with Crippen LogP contribution < -0.4 is 9.04 Å². The Morgan fingerprint density at radius 3 is 2.33 bits per heavy atom. The minimum absolute atomic E-state index is 0.0193. The largest absolute Gasteiger partial charge is 0.508 e. The fourth-order valence-corrected chi connectivity index (χ4v) is 5.56. The predicted molar refractivity (Wildman–Crippen MR) is 131 cm³/mol. The van der Waals surface area contributed by atoms with Gasteiger partial charge in [-0.2, -0.15) is 0 Å². The Bertz CT molecular complexity index is 1160. The van der Waals surface area contributed by atoms with Gasteiger partial charge in [-0.1, -0.05) is 35.9 Å². The van der Waals surface area contributed by atoms with Gasteiger partial charge in [-0.05, 0) is 80.0 Å². The Kier molecular flexibility index (Phi) is 7.42. The van der Waals surface area contributed by atoms with Gasteiger partial charge in [0.25, 0.3) is 10.0 Å². The summed E-state index contributed by atoms with van der Waals surface area (Å²) in [4.78, 5) is 2.56. The van der Waals surface area contributed by atoms with Gasteiger partial charge < -0.3 is 9.84 Å². The van der Waals surface area contributed by atoms with Crippen molar-refractivity contribution in [2.24, 2.45) is 0 Å². The Morgan fingerprint density at radius 1 is 0.970 bits per heavy atom. The lowest BCUT2D eigenvalue weighted by atomic mass is 10.2. The topological polar surface area (TPSA) is 70.1 Å². The number of phenols is 1. The molecule has 0 unspecified atom stereocenters.